The third-order valence-corrected chi connectivity index (χ3v) is 4.08. The Kier molecular flexibility index (Phi) is 6.04. The first-order valence-corrected chi connectivity index (χ1v) is 7.14. The molecule has 0 N–H and O–H groups in total. The second-order valence-corrected chi connectivity index (χ2v) is 5.78. The normalized spacial score (nSPS) is 10.6. The summed E-state index contributed by atoms with van der Waals surface area (Å²) >= 11 is 13.3. The van der Waals surface area contributed by atoms with Gasteiger partial charge < -0.3 is 4.90 Å². The zero-order chi connectivity index (χ0) is 12.8. The second-order valence-electron chi connectivity index (χ2n) is 4.09. The summed E-state index contributed by atoms with van der Waals surface area (Å²) in [5.41, 5.74) is 0. The summed E-state index contributed by atoms with van der Waals surface area (Å²) in [6.45, 7) is 5.82. The topological polar surface area (TPSA) is 39.9 Å². The Bertz CT molecular complexity index is 398. The highest BCUT2D eigenvalue weighted by atomic mass is 35.5. The molecular formula is C11H15Cl2N3S. The monoisotopic (exact) mass is 291 g/mol. The van der Waals surface area contributed by atoms with E-state index in [0.717, 1.165) is 16.6 Å². The van der Waals surface area contributed by atoms with E-state index in [4.69, 9.17) is 28.5 Å². The lowest BCUT2D eigenvalue weighted by atomic mass is 10.2. The maximum absolute atomic E-state index is 8.66. The van der Waals surface area contributed by atoms with Gasteiger partial charge in [0.15, 0.2) is 5.13 Å². The average molecular weight is 292 g/mol. The number of aromatic nitrogens is 1. The first-order chi connectivity index (χ1) is 8.08. The molecule has 0 fully saturated rings. The van der Waals surface area contributed by atoms with Crippen molar-refractivity contribution in [1.82, 2.24) is 4.98 Å². The summed E-state index contributed by atoms with van der Waals surface area (Å²) < 4.78 is 0. The van der Waals surface area contributed by atoms with E-state index < -0.39 is 0 Å². The fourth-order valence-corrected chi connectivity index (χ4v) is 2.94. The Hall–Kier alpha value is -0.500. The number of nitrogens with zero attached hydrogens (tertiary/aromatic N) is 3. The highest BCUT2D eigenvalue weighted by Gasteiger charge is 2.15. The number of rotatable bonds is 6. The van der Waals surface area contributed by atoms with Crippen molar-refractivity contribution in [3.63, 3.8) is 0 Å². The van der Waals surface area contributed by atoms with E-state index in [9.17, 15) is 0 Å². The third-order valence-electron chi connectivity index (χ3n) is 2.11. The molecule has 0 aliphatic rings. The van der Waals surface area contributed by atoms with Gasteiger partial charge in [-0.2, -0.15) is 5.26 Å². The smallest absolute Gasteiger partial charge is 0.187 e. The molecule has 0 atom stereocenters. The van der Waals surface area contributed by atoms with Gasteiger partial charge >= 0.3 is 0 Å². The van der Waals surface area contributed by atoms with E-state index in [-0.39, 0.29) is 0 Å². The van der Waals surface area contributed by atoms with Gasteiger partial charge in [0.25, 0.3) is 0 Å². The van der Waals surface area contributed by atoms with Gasteiger partial charge in [0, 0.05) is 13.1 Å². The number of hydrogen-bond acceptors (Lipinski definition) is 4. The molecule has 3 nitrogen and oxygen atoms in total. The maximum atomic E-state index is 8.66. The van der Waals surface area contributed by atoms with E-state index in [1.807, 2.05) is 0 Å². The second kappa shape index (κ2) is 7.05. The fraction of sp³-hybridized carbons (Fsp3) is 0.636. The summed E-state index contributed by atoms with van der Waals surface area (Å²) in [6.07, 6.45) is 0.486. The Morgan fingerprint density at radius 2 is 2.24 bits per heavy atom. The highest BCUT2D eigenvalue weighted by molar-refractivity contribution is 7.16. The minimum absolute atomic E-state index is 0.379. The molecule has 0 bridgehead atoms. The molecule has 17 heavy (non-hydrogen) atoms. The molecule has 6 heteroatoms. The van der Waals surface area contributed by atoms with Crippen molar-refractivity contribution in [1.29, 1.82) is 5.26 Å². The molecule has 1 heterocycles. The number of anilines is 1. The predicted octanol–water partition coefficient (Wildman–Crippen LogP) is 3.91. The summed E-state index contributed by atoms with van der Waals surface area (Å²) in [4.78, 5) is 7.28. The van der Waals surface area contributed by atoms with Crippen LogP contribution in [0.1, 0.15) is 25.1 Å². The van der Waals surface area contributed by atoms with Crippen LogP contribution in [0.15, 0.2) is 0 Å². The van der Waals surface area contributed by atoms with Gasteiger partial charge in [-0.3, -0.25) is 0 Å². The molecule has 0 unspecified atom stereocenters. The fourth-order valence-electron chi connectivity index (χ4n) is 1.43. The van der Waals surface area contributed by atoms with E-state index in [0.29, 0.717) is 29.9 Å². The number of alkyl halides is 1. The molecule has 94 valence electrons. The average Bonchev–Trinajstić information content (AvgIpc) is 2.65. The molecule has 0 aromatic carbocycles. The summed E-state index contributed by atoms with van der Waals surface area (Å²) in [7, 11) is 0. The van der Waals surface area contributed by atoms with Crippen LogP contribution in [-0.4, -0.2) is 18.1 Å². The zero-order valence-electron chi connectivity index (χ0n) is 9.91. The third kappa shape index (κ3) is 4.34. The zero-order valence-corrected chi connectivity index (χ0v) is 12.2. The van der Waals surface area contributed by atoms with Crippen molar-refractivity contribution in [2.75, 3.05) is 18.0 Å². The predicted molar refractivity (Wildman–Crippen MR) is 74.0 cm³/mol. The Labute approximate surface area is 116 Å². The number of hydrogen-bond donors (Lipinski definition) is 0. The lowest BCUT2D eigenvalue weighted by molar-refractivity contribution is 0.611. The van der Waals surface area contributed by atoms with E-state index in [1.54, 1.807) is 0 Å². The van der Waals surface area contributed by atoms with Crippen LogP contribution < -0.4 is 4.90 Å². The lowest BCUT2D eigenvalue weighted by Crippen LogP contribution is -2.28. The Morgan fingerprint density at radius 1 is 1.53 bits per heavy atom. The molecule has 0 spiro atoms. The summed E-state index contributed by atoms with van der Waals surface area (Å²) in [5.74, 6) is 0.889. The molecule has 0 saturated heterocycles. The van der Waals surface area contributed by atoms with Crippen LogP contribution in [0.4, 0.5) is 5.13 Å². The number of halogens is 2. The molecule has 0 aliphatic carbocycles. The van der Waals surface area contributed by atoms with Crippen LogP contribution >= 0.6 is 34.5 Å². The summed E-state index contributed by atoms with van der Waals surface area (Å²) in [5, 5.41) is 9.99. The van der Waals surface area contributed by atoms with Crippen molar-refractivity contribution < 1.29 is 0 Å². The maximum Gasteiger partial charge on any atom is 0.187 e. The van der Waals surface area contributed by atoms with Gasteiger partial charge in [0.1, 0.15) is 5.15 Å². The molecule has 0 amide bonds. The largest absolute Gasteiger partial charge is 0.347 e. The lowest BCUT2D eigenvalue weighted by Gasteiger charge is -2.22. The van der Waals surface area contributed by atoms with Gasteiger partial charge in [-0.05, 0) is 5.92 Å². The van der Waals surface area contributed by atoms with Crippen molar-refractivity contribution in [2.45, 2.75) is 26.1 Å². The van der Waals surface area contributed by atoms with Gasteiger partial charge in [-0.25, -0.2) is 4.98 Å². The van der Waals surface area contributed by atoms with Crippen molar-refractivity contribution in [3.8, 4) is 6.07 Å². The first-order valence-electron chi connectivity index (χ1n) is 5.41. The van der Waals surface area contributed by atoms with Crippen LogP contribution in [0, 0.1) is 17.2 Å². The Balaban J connectivity index is 2.83. The molecule has 0 radical (unpaired) electrons. The molecule has 0 aliphatic heterocycles. The molecule has 1 rings (SSSR count). The first kappa shape index (κ1) is 14.6. The van der Waals surface area contributed by atoms with Gasteiger partial charge in [0.2, 0.25) is 0 Å². The molecule has 0 saturated carbocycles. The van der Waals surface area contributed by atoms with E-state index in [1.165, 1.54) is 11.3 Å². The van der Waals surface area contributed by atoms with Crippen molar-refractivity contribution in [2.24, 2.45) is 5.92 Å². The van der Waals surface area contributed by atoms with Crippen LogP contribution in [0.25, 0.3) is 0 Å². The summed E-state index contributed by atoms with van der Waals surface area (Å²) in [6, 6.07) is 2.15. The minimum Gasteiger partial charge on any atom is -0.347 e. The van der Waals surface area contributed by atoms with Crippen LogP contribution in [-0.2, 0) is 5.88 Å². The quantitative estimate of drug-likeness (QED) is 0.746. The van der Waals surface area contributed by atoms with E-state index in [2.05, 4.69) is 29.8 Å². The highest BCUT2D eigenvalue weighted by Crippen LogP contribution is 2.31. The van der Waals surface area contributed by atoms with Gasteiger partial charge in [-0.1, -0.05) is 36.8 Å². The van der Waals surface area contributed by atoms with Crippen molar-refractivity contribution in [3.05, 3.63) is 10.0 Å². The number of nitriles is 1. The van der Waals surface area contributed by atoms with Crippen molar-refractivity contribution >= 4 is 39.7 Å². The van der Waals surface area contributed by atoms with Gasteiger partial charge in [-0.15, -0.1) is 11.6 Å². The SMILES string of the molecule is CC(C)CN(CCC#N)c1nc(Cl)c(CCl)s1. The molecule has 1 aromatic rings. The molecule has 1 aromatic heterocycles. The van der Waals surface area contributed by atoms with Gasteiger partial charge in [0.05, 0.1) is 23.2 Å². The van der Waals surface area contributed by atoms with E-state index >= 15 is 0 Å². The number of thiazole rings is 1. The van der Waals surface area contributed by atoms with Crippen LogP contribution in [0.2, 0.25) is 5.15 Å². The van der Waals surface area contributed by atoms with Crippen LogP contribution in [0.3, 0.4) is 0 Å². The Morgan fingerprint density at radius 3 is 2.71 bits per heavy atom. The minimum atomic E-state index is 0.379. The van der Waals surface area contributed by atoms with Crippen LogP contribution in [0.5, 0.6) is 0 Å². The molecular weight excluding hydrogens is 277 g/mol. The standard InChI is InChI=1S/C11H15Cl2N3S/c1-8(2)7-16(5-3-4-14)11-15-10(13)9(6-12)17-11/h8H,3,5-7H2,1-2H3.